The number of aromatic nitrogens is 1. The van der Waals surface area contributed by atoms with Crippen LogP contribution in [0, 0.1) is 0 Å². The number of fused-ring (bicyclic) bond motifs is 1. The third-order valence-electron chi connectivity index (χ3n) is 3.80. The minimum absolute atomic E-state index is 0.406. The molecule has 0 unspecified atom stereocenters. The summed E-state index contributed by atoms with van der Waals surface area (Å²) in [6, 6.07) is 14.6. The molecular formula is C19H17NO4. The van der Waals surface area contributed by atoms with Crippen LogP contribution in [0.1, 0.15) is 10.4 Å². The molecule has 3 rings (SSSR count). The third-order valence-corrected chi connectivity index (χ3v) is 3.80. The highest BCUT2D eigenvalue weighted by Gasteiger charge is 2.16. The van der Waals surface area contributed by atoms with Crippen LogP contribution in [-0.2, 0) is 4.74 Å². The maximum absolute atomic E-state index is 12.2. The van der Waals surface area contributed by atoms with E-state index >= 15 is 0 Å². The molecule has 0 saturated carbocycles. The first-order chi connectivity index (χ1) is 11.7. The quantitative estimate of drug-likeness (QED) is 0.685. The number of hydrogen-bond donors (Lipinski definition) is 0. The molecule has 0 saturated heterocycles. The van der Waals surface area contributed by atoms with Crippen LogP contribution in [0.15, 0.2) is 48.5 Å². The maximum atomic E-state index is 12.2. The molecule has 3 aromatic rings. The molecule has 0 atom stereocenters. The number of esters is 1. The normalized spacial score (nSPS) is 10.5. The van der Waals surface area contributed by atoms with Crippen LogP contribution in [0.5, 0.6) is 11.5 Å². The van der Waals surface area contributed by atoms with E-state index in [9.17, 15) is 4.79 Å². The third kappa shape index (κ3) is 2.76. The number of pyridine rings is 1. The first-order valence-electron chi connectivity index (χ1n) is 7.38. The highest BCUT2D eigenvalue weighted by molar-refractivity contribution is 6.04. The minimum Gasteiger partial charge on any atom is -0.497 e. The van der Waals surface area contributed by atoms with Crippen molar-refractivity contribution in [3.05, 3.63) is 54.1 Å². The molecule has 0 bridgehead atoms. The van der Waals surface area contributed by atoms with Crippen molar-refractivity contribution in [2.24, 2.45) is 0 Å². The van der Waals surface area contributed by atoms with Crippen molar-refractivity contribution in [1.82, 2.24) is 4.98 Å². The smallest absolute Gasteiger partial charge is 0.338 e. The van der Waals surface area contributed by atoms with E-state index in [2.05, 4.69) is 4.98 Å². The largest absolute Gasteiger partial charge is 0.497 e. The molecule has 0 fully saturated rings. The number of nitrogens with zero attached hydrogens (tertiary/aromatic N) is 1. The fourth-order valence-corrected chi connectivity index (χ4v) is 2.61. The van der Waals surface area contributed by atoms with Gasteiger partial charge in [0.05, 0.1) is 38.1 Å². The van der Waals surface area contributed by atoms with Crippen molar-refractivity contribution in [2.75, 3.05) is 21.3 Å². The van der Waals surface area contributed by atoms with Crippen molar-refractivity contribution < 1.29 is 19.0 Å². The van der Waals surface area contributed by atoms with Crippen molar-refractivity contribution in [3.8, 4) is 22.8 Å². The van der Waals surface area contributed by atoms with Gasteiger partial charge in [0.15, 0.2) is 0 Å². The van der Waals surface area contributed by atoms with Gasteiger partial charge in [0.25, 0.3) is 0 Å². The number of rotatable bonds is 4. The average molecular weight is 323 g/mol. The number of carbonyl (C=O) groups excluding carboxylic acids is 1. The fourth-order valence-electron chi connectivity index (χ4n) is 2.61. The topological polar surface area (TPSA) is 57.7 Å². The van der Waals surface area contributed by atoms with Gasteiger partial charge in [0.2, 0.25) is 0 Å². The van der Waals surface area contributed by atoms with Crippen molar-refractivity contribution >= 4 is 16.9 Å². The average Bonchev–Trinajstić information content (AvgIpc) is 2.65. The Morgan fingerprint density at radius 3 is 2.46 bits per heavy atom. The molecule has 0 amide bonds. The first kappa shape index (κ1) is 15.8. The molecule has 0 radical (unpaired) electrons. The van der Waals surface area contributed by atoms with Gasteiger partial charge in [0, 0.05) is 10.9 Å². The zero-order chi connectivity index (χ0) is 17.1. The first-order valence-corrected chi connectivity index (χ1v) is 7.38. The monoisotopic (exact) mass is 323 g/mol. The van der Waals surface area contributed by atoms with Crippen molar-refractivity contribution in [2.45, 2.75) is 0 Å². The number of carbonyl (C=O) groups is 1. The van der Waals surface area contributed by atoms with Crippen molar-refractivity contribution in [3.63, 3.8) is 0 Å². The lowest BCUT2D eigenvalue weighted by molar-refractivity contribution is 0.0603. The predicted octanol–water partition coefficient (Wildman–Crippen LogP) is 3.71. The molecule has 5 nitrogen and oxygen atoms in total. The summed E-state index contributed by atoms with van der Waals surface area (Å²) in [5.74, 6) is 0.923. The van der Waals surface area contributed by atoms with E-state index in [1.807, 2.05) is 42.5 Å². The molecule has 5 heteroatoms. The fraction of sp³-hybridized carbons (Fsp3) is 0.158. The predicted molar refractivity (Wildman–Crippen MR) is 91.6 cm³/mol. The SMILES string of the molecule is COC(=O)c1cc(-c2cc(OC)ccc2OC)nc2ccccc12. The number of methoxy groups -OCH3 is 3. The number of ether oxygens (including phenoxy) is 3. The van der Waals surface area contributed by atoms with Crippen molar-refractivity contribution in [1.29, 1.82) is 0 Å². The van der Waals surface area contributed by atoms with Gasteiger partial charge >= 0.3 is 5.97 Å². The summed E-state index contributed by atoms with van der Waals surface area (Å²) in [7, 11) is 4.55. The van der Waals surface area contributed by atoms with Gasteiger partial charge in [-0.15, -0.1) is 0 Å². The summed E-state index contributed by atoms with van der Waals surface area (Å²) in [5, 5.41) is 0.745. The summed E-state index contributed by atoms with van der Waals surface area (Å²) in [6.45, 7) is 0. The molecule has 0 aliphatic heterocycles. The number of benzene rings is 2. The van der Waals surface area contributed by atoms with Crippen LogP contribution >= 0.6 is 0 Å². The standard InChI is InChI=1S/C19H17NO4/c1-22-12-8-9-18(23-2)15(10-12)17-11-14(19(21)24-3)13-6-4-5-7-16(13)20-17/h4-11H,1-3H3. The van der Waals surface area contributed by atoms with E-state index in [1.54, 1.807) is 20.3 Å². The van der Waals surface area contributed by atoms with Crippen LogP contribution in [0.3, 0.4) is 0 Å². The van der Waals surface area contributed by atoms with E-state index in [-0.39, 0.29) is 0 Å². The zero-order valence-electron chi connectivity index (χ0n) is 13.7. The second kappa shape index (κ2) is 6.58. The van der Waals surface area contributed by atoms with Gasteiger partial charge in [-0.05, 0) is 30.3 Å². The molecule has 1 heterocycles. The lowest BCUT2D eigenvalue weighted by Crippen LogP contribution is -2.04. The summed E-state index contributed by atoms with van der Waals surface area (Å²) in [4.78, 5) is 16.8. The Morgan fingerprint density at radius 2 is 1.75 bits per heavy atom. The minimum atomic E-state index is -0.406. The summed E-state index contributed by atoms with van der Waals surface area (Å²) >= 11 is 0. The van der Waals surface area contributed by atoms with E-state index in [1.165, 1.54) is 7.11 Å². The van der Waals surface area contributed by atoms with Gasteiger partial charge < -0.3 is 14.2 Å². The zero-order valence-corrected chi connectivity index (χ0v) is 13.7. The van der Waals surface area contributed by atoms with Gasteiger partial charge in [-0.1, -0.05) is 18.2 Å². The van der Waals surface area contributed by atoms with Gasteiger partial charge in [-0.2, -0.15) is 0 Å². The molecule has 0 N–H and O–H groups in total. The molecule has 1 aromatic heterocycles. The Hall–Kier alpha value is -3.08. The van der Waals surface area contributed by atoms with Gasteiger partial charge in [-0.3, -0.25) is 0 Å². The molecule has 0 aliphatic rings. The Kier molecular flexibility index (Phi) is 4.33. The van der Waals surface area contributed by atoms with Crippen LogP contribution in [0.25, 0.3) is 22.2 Å². The van der Waals surface area contributed by atoms with E-state index in [0.29, 0.717) is 28.3 Å². The van der Waals surface area contributed by atoms with Crippen LogP contribution in [0.2, 0.25) is 0 Å². The highest BCUT2D eigenvalue weighted by Crippen LogP contribution is 2.34. The highest BCUT2D eigenvalue weighted by atomic mass is 16.5. The van der Waals surface area contributed by atoms with Crippen LogP contribution in [-0.4, -0.2) is 32.3 Å². The van der Waals surface area contributed by atoms with E-state index < -0.39 is 5.97 Å². The molecule has 0 spiro atoms. The van der Waals surface area contributed by atoms with Crippen LogP contribution < -0.4 is 9.47 Å². The lowest BCUT2D eigenvalue weighted by atomic mass is 10.0. The molecule has 2 aromatic carbocycles. The lowest BCUT2D eigenvalue weighted by Gasteiger charge is -2.12. The molecule has 122 valence electrons. The van der Waals surface area contributed by atoms with Crippen LogP contribution in [0.4, 0.5) is 0 Å². The Morgan fingerprint density at radius 1 is 0.958 bits per heavy atom. The van der Waals surface area contributed by atoms with Gasteiger partial charge in [0.1, 0.15) is 11.5 Å². The van der Waals surface area contributed by atoms with E-state index in [0.717, 1.165) is 10.9 Å². The second-order valence-electron chi connectivity index (χ2n) is 5.13. The second-order valence-corrected chi connectivity index (χ2v) is 5.13. The molecule has 0 aliphatic carbocycles. The molecule has 24 heavy (non-hydrogen) atoms. The summed E-state index contributed by atoms with van der Waals surface area (Å²) < 4.78 is 15.6. The maximum Gasteiger partial charge on any atom is 0.338 e. The molecular weight excluding hydrogens is 306 g/mol. The Bertz CT molecular complexity index is 905. The van der Waals surface area contributed by atoms with Gasteiger partial charge in [-0.25, -0.2) is 9.78 Å². The number of hydrogen-bond acceptors (Lipinski definition) is 5. The number of para-hydroxylation sites is 1. The Labute approximate surface area is 139 Å². The Balaban J connectivity index is 2.29. The van der Waals surface area contributed by atoms with E-state index in [4.69, 9.17) is 14.2 Å². The summed E-state index contributed by atoms with van der Waals surface area (Å²) in [5.41, 5.74) is 2.53. The summed E-state index contributed by atoms with van der Waals surface area (Å²) in [6.07, 6.45) is 0.